The molecule has 2 atom stereocenters. The second-order valence-electron chi connectivity index (χ2n) is 21.0. The van der Waals surface area contributed by atoms with Gasteiger partial charge in [-0.25, -0.2) is 0 Å². The molecule has 0 aromatic carbocycles. The molecule has 0 aliphatic rings. The molecule has 2 unspecified atom stereocenters. The quantitative estimate of drug-likeness (QED) is 0.0321. The highest BCUT2D eigenvalue weighted by atomic mass is 16.5. The summed E-state index contributed by atoms with van der Waals surface area (Å²) in [5.41, 5.74) is 0. The fourth-order valence-electron chi connectivity index (χ4n) is 9.51. The number of aliphatic hydroxyl groups excluding tert-OH is 2. The largest absolute Gasteiger partial charge is 0.466 e. The van der Waals surface area contributed by atoms with Crippen molar-refractivity contribution in [2.45, 2.75) is 347 Å². The summed E-state index contributed by atoms with van der Waals surface area (Å²) in [5, 5.41) is 23.2. The Bertz CT molecular complexity index is 1060. The molecule has 6 nitrogen and oxygen atoms in total. The first-order valence-corrected chi connectivity index (χ1v) is 30.6. The minimum Gasteiger partial charge on any atom is -0.466 e. The number of ether oxygens (including phenoxy) is 1. The molecular weight excluding hydrogens is 839 g/mol. The molecule has 0 saturated carbocycles. The summed E-state index contributed by atoms with van der Waals surface area (Å²) in [4.78, 5) is 24.5. The molecule has 0 aliphatic carbocycles. The molecule has 0 rings (SSSR count). The summed E-state index contributed by atoms with van der Waals surface area (Å²) in [7, 11) is 0. The standard InChI is InChI=1S/C62H119NO5/c1-3-5-7-9-11-13-15-17-19-20-21-22-23-27-30-34-38-42-46-50-54-60(65)59(58-64)63-61(66)55-51-47-43-39-35-31-28-24-25-29-33-37-41-45-49-53-57-68-62(67)56-52-48-44-40-36-32-26-18-16-14-12-10-8-6-4-2/h24,28,50,54,59-60,64-65H,3-23,25-27,29-49,51-53,55-58H2,1-2H3,(H,63,66)/b28-24-,54-50+. The maximum atomic E-state index is 12.5. The molecule has 0 bridgehead atoms. The van der Waals surface area contributed by atoms with Crippen LogP contribution in [0.3, 0.4) is 0 Å². The Morgan fingerprint density at radius 1 is 0.397 bits per heavy atom. The molecule has 0 heterocycles. The summed E-state index contributed by atoms with van der Waals surface area (Å²) >= 11 is 0. The highest BCUT2D eigenvalue weighted by molar-refractivity contribution is 5.76. The van der Waals surface area contributed by atoms with Crippen molar-refractivity contribution in [2.24, 2.45) is 0 Å². The van der Waals surface area contributed by atoms with Crippen molar-refractivity contribution in [3.63, 3.8) is 0 Å². The van der Waals surface area contributed by atoms with E-state index in [9.17, 15) is 19.8 Å². The van der Waals surface area contributed by atoms with Crippen LogP contribution in [0.2, 0.25) is 0 Å². The Morgan fingerprint density at radius 2 is 0.691 bits per heavy atom. The zero-order valence-electron chi connectivity index (χ0n) is 45.9. The monoisotopic (exact) mass is 958 g/mol. The molecule has 68 heavy (non-hydrogen) atoms. The highest BCUT2D eigenvalue weighted by Gasteiger charge is 2.18. The molecular formula is C62H119NO5. The lowest BCUT2D eigenvalue weighted by atomic mass is 10.0. The zero-order chi connectivity index (χ0) is 49.3. The van der Waals surface area contributed by atoms with Crippen LogP contribution in [0.15, 0.2) is 24.3 Å². The average molecular weight is 959 g/mol. The van der Waals surface area contributed by atoms with E-state index >= 15 is 0 Å². The number of hydrogen-bond acceptors (Lipinski definition) is 5. The molecule has 0 radical (unpaired) electrons. The van der Waals surface area contributed by atoms with Crippen LogP contribution < -0.4 is 5.32 Å². The smallest absolute Gasteiger partial charge is 0.305 e. The van der Waals surface area contributed by atoms with Gasteiger partial charge in [-0.15, -0.1) is 0 Å². The molecule has 0 aliphatic heterocycles. The van der Waals surface area contributed by atoms with Gasteiger partial charge in [-0.2, -0.15) is 0 Å². The summed E-state index contributed by atoms with van der Waals surface area (Å²) in [6.45, 7) is 4.91. The van der Waals surface area contributed by atoms with E-state index in [1.165, 1.54) is 244 Å². The van der Waals surface area contributed by atoms with Gasteiger partial charge >= 0.3 is 5.97 Å². The lowest BCUT2D eigenvalue weighted by molar-refractivity contribution is -0.143. The summed E-state index contributed by atoms with van der Waals surface area (Å²) in [6, 6.07) is -0.640. The second-order valence-corrected chi connectivity index (χ2v) is 21.0. The van der Waals surface area contributed by atoms with E-state index in [2.05, 4.69) is 31.3 Å². The number of carbonyl (C=O) groups is 2. The molecule has 1 amide bonds. The van der Waals surface area contributed by atoms with E-state index in [1.54, 1.807) is 6.08 Å². The van der Waals surface area contributed by atoms with Crippen LogP contribution in [-0.4, -0.2) is 47.4 Å². The number of carbonyl (C=O) groups excluding carboxylic acids is 2. The van der Waals surface area contributed by atoms with Gasteiger partial charge in [-0.05, 0) is 57.8 Å². The van der Waals surface area contributed by atoms with Gasteiger partial charge in [0.2, 0.25) is 5.91 Å². The second kappa shape index (κ2) is 57.9. The minimum absolute atomic E-state index is 0.000466. The van der Waals surface area contributed by atoms with Crippen molar-refractivity contribution in [1.29, 1.82) is 0 Å². The van der Waals surface area contributed by atoms with E-state index in [0.717, 1.165) is 64.2 Å². The fourth-order valence-corrected chi connectivity index (χ4v) is 9.51. The van der Waals surface area contributed by atoms with Gasteiger partial charge < -0.3 is 20.3 Å². The summed E-state index contributed by atoms with van der Waals surface area (Å²) < 4.78 is 5.48. The Kier molecular flexibility index (Phi) is 56.5. The van der Waals surface area contributed by atoms with Gasteiger partial charge in [-0.3, -0.25) is 9.59 Å². The number of amides is 1. The van der Waals surface area contributed by atoms with Crippen LogP contribution in [-0.2, 0) is 14.3 Å². The third-order valence-electron chi connectivity index (χ3n) is 14.2. The van der Waals surface area contributed by atoms with Crippen molar-refractivity contribution in [3.05, 3.63) is 24.3 Å². The van der Waals surface area contributed by atoms with Gasteiger partial charge in [0.25, 0.3) is 0 Å². The maximum Gasteiger partial charge on any atom is 0.305 e. The number of esters is 1. The van der Waals surface area contributed by atoms with Crippen molar-refractivity contribution >= 4 is 11.9 Å². The Morgan fingerprint density at radius 3 is 1.04 bits per heavy atom. The first kappa shape index (κ1) is 66.3. The van der Waals surface area contributed by atoms with Gasteiger partial charge in [0.15, 0.2) is 0 Å². The third kappa shape index (κ3) is 53.7. The van der Waals surface area contributed by atoms with Crippen LogP contribution in [0.1, 0.15) is 335 Å². The molecule has 0 aromatic heterocycles. The van der Waals surface area contributed by atoms with Gasteiger partial charge in [0.05, 0.1) is 25.4 Å². The molecule has 0 aromatic rings. The van der Waals surface area contributed by atoms with Gasteiger partial charge in [0.1, 0.15) is 0 Å². The third-order valence-corrected chi connectivity index (χ3v) is 14.2. The highest BCUT2D eigenvalue weighted by Crippen LogP contribution is 2.17. The van der Waals surface area contributed by atoms with E-state index in [1.807, 2.05) is 6.08 Å². The predicted molar refractivity (Wildman–Crippen MR) is 296 cm³/mol. The van der Waals surface area contributed by atoms with Gasteiger partial charge in [-0.1, -0.05) is 289 Å². The van der Waals surface area contributed by atoms with Gasteiger partial charge in [0, 0.05) is 12.8 Å². The average Bonchev–Trinajstić information content (AvgIpc) is 3.34. The fraction of sp³-hybridized carbons (Fsp3) is 0.903. The van der Waals surface area contributed by atoms with Crippen LogP contribution in [0, 0.1) is 0 Å². The normalized spacial score (nSPS) is 12.7. The zero-order valence-corrected chi connectivity index (χ0v) is 45.9. The summed E-state index contributed by atoms with van der Waals surface area (Å²) in [5.74, 6) is -0.0826. The molecule has 0 saturated heterocycles. The van der Waals surface area contributed by atoms with Crippen LogP contribution in [0.4, 0.5) is 0 Å². The topological polar surface area (TPSA) is 95.9 Å². The Labute approximate surface area is 424 Å². The Balaban J connectivity index is 3.48. The van der Waals surface area contributed by atoms with E-state index < -0.39 is 12.1 Å². The van der Waals surface area contributed by atoms with Crippen molar-refractivity contribution < 1.29 is 24.5 Å². The predicted octanol–water partition coefficient (Wildman–Crippen LogP) is 19.0. The minimum atomic E-state index is -0.855. The first-order valence-electron chi connectivity index (χ1n) is 30.6. The van der Waals surface area contributed by atoms with Crippen LogP contribution >= 0.6 is 0 Å². The number of hydrogen-bond donors (Lipinski definition) is 3. The molecule has 0 spiro atoms. The van der Waals surface area contributed by atoms with Crippen molar-refractivity contribution in [3.8, 4) is 0 Å². The molecule has 402 valence electrons. The molecule has 6 heteroatoms. The lowest BCUT2D eigenvalue weighted by Crippen LogP contribution is -2.45. The van der Waals surface area contributed by atoms with Crippen LogP contribution in [0.5, 0.6) is 0 Å². The molecule has 3 N–H and O–H groups in total. The maximum absolute atomic E-state index is 12.5. The number of unbranched alkanes of at least 4 members (excludes halogenated alkanes) is 44. The van der Waals surface area contributed by atoms with E-state index in [4.69, 9.17) is 4.74 Å². The SMILES string of the molecule is CCCCCCCCCCCCCCCCCCCC/C=C/C(O)C(CO)NC(=O)CCCCCCC/C=C\CCCCCCCCCOC(=O)CCCCCCCCCCCCCCCCC. The first-order chi connectivity index (χ1) is 33.5. The van der Waals surface area contributed by atoms with Crippen molar-refractivity contribution in [1.82, 2.24) is 5.32 Å². The summed E-state index contributed by atoms with van der Waals surface area (Å²) in [6.07, 6.45) is 70.6. The molecule has 0 fully saturated rings. The van der Waals surface area contributed by atoms with E-state index in [-0.39, 0.29) is 18.5 Å². The van der Waals surface area contributed by atoms with E-state index in [0.29, 0.717) is 19.4 Å². The lowest BCUT2D eigenvalue weighted by Gasteiger charge is -2.20. The number of nitrogens with one attached hydrogen (secondary N) is 1. The number of allylic oxidation sites excluding steroid dienone is 3. The number of aliphatic hydroxyl groups is 2. The Hall–Kier alpha value is -1.66. The number of rotatable bonds is 57. The van der Waals surface area contributed by atoms with Crippen molar-refractivity contribution in [2.75, 3.05) is 13.2 Å². The van der Waals surface area contributed by atoms with Crippen LogP contribution in [0.25, 0.3) is 0 Å².